The normalized spacial score (nSPS) is 10.2. The minimum absolute atomic E-state index is 0.232. The zero-order valence-electron chi connectivity index (χ0n) is 15.2. The highest BCUT2D eigenvalue weighted by Crippen LogP contribution is 2.24. The van der Waals surface area contributed by atoms with E-state index < -0.39 is 0 Å². The van der Waals surface area contributed by atoms with Crippen LogP contribution in [0.25, 0.3) is 0 Å². The lowest BCUT2D eigenvalue weighted by Crippen LogP contribution is -2.34. The molecule has 2 N–H and O–H groups in total. The van der Waals surface area contributed by atoms with Gasteiger partial charge in [0, 0.05) is 16.3 Å². The van der Waals surface area contributed by atoms with Crippen LogP contribution in [-0.2, 0) is 6.42 Å². The Labute approximate surface area is 174 Å². The lowest BCUT2D eigenvalue weighted by Gasteiger charge is -2.11. The number of anilines is 1. The van der Waals surface area contributed by atoms with Crippen LogP contribution < -0.4 is 15.4 Å². The van der Waals surface area contributed by atoms with Crippen molar-refractivity contribution in [3.05, 3.63) is 88.9 Å². The highest BCUT2D eigenvalue weighted by molar-refractivity contribution is 7.80. The molecule has 0 atom stereocenters. The maximum Gasteiger partial charge on any atom is 0.257 e. The number of aryl methyl sites for hydroxylation is 1. The first kappa shape index (κ1) is 19.9. The van der Waals surface area contributed by atoms with Gasteiger partial charge in [-0.1, -0.05) is 30.7 Å². The first-order chi connectivity index (χ1) is 13.5. The maximum absolute atomic E-state index is 12.3. The maximum atomic E-state index is 12.3. The number of hydrogen-bond donors (Lipinski definition) is 2. The monoisotopic (exact) mass is 410 g/mol. The van der Waals surface area contributed by atoms with Gasteiger partial charge in [-0.25, -0.2) is 0 Å². The largest absolute Gasteiger partial charge is 0.457 e. The Kier molecular flexibility index (Phi) is 6.63. The molecule has 3 aromatic carbocycles. The van der Waals surface area contributed by atoms with Crippen molar-refractivity contribution in [1.82, 2.24) is 5.32 Å². The Morgan fingerprint density at radius 1 is 0.929 bits per heavy atom. The fourth-order valence-electron chi connectivity index (χ4n) is 2.47. The summed E-state index contributed by atoms with van der Waals surface area (Å²) in [4.78, 5) is 12.3. The summed E-state index contributed by atoms with van der Waals surface area (Å²) in [5.74, 6) is 1.13. The summed E-state index contributed by atoms with van der Waals surface area (Å²) in [5, 5.41) is 6.56. The summed E-state index contributed by atoms with van der Waals surface area (Å²) < 4.78 is 5.75. The van der Waals surface area contributed by atoms with Gasteiger partial charge >= 0.3 is 0 Å². The van der Waals surface area contributed by atoms with E-state index in [1.807, 2.05) is 36.4 Å². The lowest BCUT2D eigenvalue weighted by molar-refractivity contribution is 0.0977. The molecule has 0 aliphatic heterocycles. The zero-order valence-corrected chi connectivity index (χ0v) is 16.8. The average Bonchev–Trinajstić information content (AvgIpc) is 2.71. The van der Waals surface area contributed by atoms with Crippen LogP contribution >= 0.6 is 23.8 Å². The molecular formula is C22H19ClN2O2S. The Bertz CT molecular complexity index is 955. The molecule has 3 rings (SSSR count). The SMILES string of the molecule is CCc1ccc(C(=O)NC(=S)Nc2ccc(Oc3ccc(Cl)cc3)cc2)cc1. The van der Waals surface area contributed by atoms with Crippen LogP contribution in [0.1, 0.15) is 22.8 Å². The minimum atomic E-state index is -0.247. The van der Waals surface area contributed by atoms with Crippen molar-refractivity contribution in [2.45, 2.75) is 13.3 Å². The van der Waals surface area contributed by atoms with E-state index in [4.69, 9.17) is 28.6 Å². The number of halogens is 1. The molecule has 0 saturated heterocycles. The van der Waals surface area contributed by atoms with Crippen molar-refractivity contribution in [3.63, 3.8) is 0 Å². The molecule has 0 unspecified atom stereocenters. The van der Waals surface area contributed by atoms with Crippen molar-refractivity contribution >= 4 is 40.5 Å². The van der Waals surface area contributed by atoms with Gasteiger partial charge in [0.2, 0.25) is 0 Å². The standard InChI is InChI=1S/C22H19ClN2O2S/c1-2-15-3-5-16(6-4-15)21(26)25-22(28)24-18-9-13-20(14-10-18)27-19-11-7-17(23)8-12-19/h3-14H,2H2,1H3,(H2,24,25,26,28). The Balaban J connectivity index is 1.54. The summed E-state index contributed by atoms with van der Waals surface area (Å²) >= 11 is 11.1. The van der Waals surface area contributed by atoms with Crippen molar-refractivity contribution < 1.29 is 9.53 Å². The molecule has 3 aromatic rings. The van der Waals surface area contributed by atoms with Crippen molar-refractivity contribution in [3.8, 4) is 11.5 Å². The highest BCUT2D eigenvalue weighted by Gasteiger charge is 2.08. The number of rotatable bonds is 5. The molecule has 0 aliphatic rings. The fraction of sp³-hybridized carbons (Fsp3) is 0.0909. The van der Waals surface area contributed by atoms with Gasteiger partial charge in [-0.2, -0.15) is 0 Å². The third kappa shape index (κ3) is 5.55. The Hall–Kier alpha value is -2.89. The van der Waals surface area contributed by atoms with Gasteiger partial charge in [-0.3, -0.25) is 10.1 Å². The van der Waals surface area contributed by atoms with E-state index in [0.717, 1.165) is 12.1 Å². The topological polar surface area (TPSA) is 50.4 Å². The molecule has 0 radical (unpaired) electrons. The van der Waals surface area contributed by atoms with E-state index in [0.29, 0.717) is 22.1 Å². The van der Waals surface area contributed by atoms with E-state index in [2.05, 4.69) is 17.6 Å². The quantitative estimate of drug-likeness (QED) is 0.520. The van der Waals surface area contributed by atoms with E-state index in [-0.39, 0.29) is 11.0 Å². The van der Waals surface area contributed by atoms with Crippen LogP contribution in [0, 0.1) is 0 Å². The number of nitrogens with one attached hydrogen (secondary N) is 2. The van der Waals surface area contributed by atoms with Gasteiger partial charge in [-0.15, -0.1) is 0 Å². The average molecular weight is 411 g/mol. The predicted molar refractivity (Wildman–Crippen MR) is 117 cm³/mol. The van der Waals surface area contributed by atoms with Crippen LogP contribution in [0.3, 0.4) is 0 Å². The number of ether oxygens (including phenoxy) is 1. The predicted octanol–water partition coefficient (Wildman–Crippen LogP) is 5.82. The Morgan fingerprint density at radius 3 is 2.07 bits per heavy atom. The molecule has 28 heavy (non-hydrogen) atoms. The third-order valence-corrected chi connectivity index (χ3v) is 4.47. The summed E-state index contributed by atoms with van der Waals surface area (Å²) in [7, 11) is 0. The molecule has 142 valence electrons. The summed E-state index contributed by atoms with van der Waals surface area (Å²) in [6.07, 6.45) is 0.930. The van der Waals surface area contributed by atoms with Crippen LogP contribution in [0.15, 0.2) is 72.8 Å². The second-order valence-electron chi connectivity index (χ2n) is 6.04. The molecule has 1 amide bonds. The van der Waals surface area contributed by atoms with Crippen LogP contribution in [0.4, 0.5) is 5.69 Å². The van der Waals surface area contributed by atoms with Gasteiger partial charge in [0.05, 0.1) is 0 Å². The summed E-state index contributed by atoms with van der Waals surface area (Å²) in [6, 6.07) is 21.8. The number of hydrogen-bond acceptors (Lipinski definition) is 3. The summed E-state index contributed by atoms with van der Waals surface area (Å²) in [6.45, 7) is 2.07. The van der Waals surface area contributed by atoms with Gasteiger partial charge in [0.1, 0.15) is 11.5 Å². The van der Waals surface area contributed by atoms with E-state index in [1.54, 1.807) is 36.4 Å². The minimum Gasteiger partial charge on any atom is -0.457 e. The molecule has 0 heterocycles. The van der Waals surface area contributed by atoms with E-state index in [1.165, 1.54) is 5.56 Å². The molecule has 4 nitrogen and oxygen atoms in total. The molecule has 6 heteroatoms. The van der Waals surface area contributed by atoms with E-state index in [9.17, 15) is 4.79 Å². The zero-order chi connectivity index (χ0) is 19.9. The number of amides is 1. The highest BCUT2D eigenvalue weighted by atomic mass is 35.5. The van der Waals surface area contributed by atoms with E-state index >= 15 is 0 Å². The first-order valence-electron chi connectivity index (χ1n) is 8.78. The number of carbonyl (C=O) groups is 1. The van der Waals surface area contributed by atoms with Crippen LogP contribution in [-0.4, -0.2) is 11.0 Å². The van der Waals surface area contributed by atoms with Crippen molar-refractivity contribution in [2.24, 2.45) is 0 Å². The second kappa shape index (κ2) is 9.35. The van der Waals surface area contributed by atoms with Gasteiger partial charge < -0.3 is 10.1 Å². The molecule has 0 aromatic heterocycles. The number of carbonyl (C=O) groups excluding carboxylic acids is 1. The molecule has 0 saturated carbocycles. The first-order valence-corrected chi connectivity index (χ1v) is 9.57. The molecule has 0 spiro atoms. The molecule has 0 fully saturated rings. The number of benzene rings is 3. The number of thiocarbonyl (C=S) groups is 1. The van der Waals surface area contributed by atoms with Crippen molar-refractivity contribution in [2.75, 3.05) is 5.32 Å². The van der Waals surface area contributed by atoms with Crippen molar-refractivity contribution in [1.29, 1.82) is 0 Å². The molecule has 0 aliphatic carbocycles. The fourth-order valence-corrected chi connectivity index (χ4v) is 2.81. The molecular weight excluding hydrogens is 392 g/mol. The van der Waals surface area contributed by atoms with Crippen LogP contribution in [0.5, 0.6) is 11.5 Å². The smallest absolute Gasteiger partial charge is 0.257 e. The van der Waals surface area contributed by atoms with Gasteiger partial charge in [-0.05, 0) is 84.9 Å². The summed E-state index contributed by atoms with van der Waals surface area (Å²) in [5.41, 5.74) is 2.49. The van der Waals surface area contributed by atoms with Gasteiger partial charge in [0.25, 0.3) is 5.91 Å². The molecule has 0 bridgehead atoms. The Morgan fingerprint density at radius 2 is 1.50 bits per heavy atom. The van der Waals surface area contributed by atoms with Crippen LogP contribution in [0.2, 0.25) is 5.02 Å². The third-order valence-electron chi connectivity index (χ3n) is 4.01. The second-order valence-corrected chi connectivity index (χ2v) is 6.88. The van der Waals surface area contributed by atoms with Gasteiger partial charge in [0.15, 0.2) is 5.11 Å². The lowest BCUT2D eigenvalue weighted by atomic mass is 10.1.